The second-order valence-electron chi connectivity index (χ2n) is 16.4. The van der Waals surface area contributed by atoms with Crippen LogP contribution >= 0.6 is 11.6 Å². The molecule has 62 heavy (non-hydrogen) atoms. The molecular formula is C44H47ClF2N10O4S. The molecular weight excluding hydrogens is 838 g/mol. The van der Waals surface area contributed by atoms with E-state index in [1.165, 1.54) is 27.2 Å². The topological polar surface area (TPSA) is 149 Å². The van der Waals surface area contributed by atoms with Crippen LogP contribution in [0.15, 0.2) is 79.4 Å². The van der Waals surface area contributed by atoms with Crippen molar-refractivity contribution >= 4 is 50.8 Å². The number of carbonyl (C=O) groups excluding carboxylic acids is 2. The van der Waals surface area contributed by atoms with Gasteiger partial charge in [0, 0.05) is 118 Å². The van der Waals surface area contributed by atoms with Gasteiger partial charge in [-0.3, -0.25) is 29.5 Å². The molecule has 0 spiro atoms. The van der Waals surface area contributed by atoms with Crippen LogP contribution in [-0.2, 0) is 19.8 Å². The number of anilines is 3. The largest absolute Gasteiger partial charge is 0.367 e. The lowest BCUT2D eigenvalue weighted by Crippen LogP contribution is -2.49. The summed E-state index contributed by atoms with van der Waals surface area (Å²) < 4.78 is 63.7. The van der Waals surface area contributed by atoms with E-state index in [4.69, 9.17) is 16.7 Å². The maximum absolute atomic E-state index is 16.4. The van der Waals surface area contributed by atoms with Crippen LogP contribution in [0, 0.1) is 17.6 Å². The number of nitrogens with zero attached hydrogens (tertiary/aromatic N) is 8. The second kappa shape index (κ2) is 17.7. The predicted molar refractivity (Wildman–Crippen MR) is 233 cm³/mol. The van der Waals surface area contributed by atoms with Gasteiger partial charge in [-0.25, -0.2) is 18.4 Å². The number of aromatic nitrogens is 4. The number of rotatable bonds is 11. The predicted octanol–water partition coefficient (Wildman–Crippen LogP) is 6.24. The van der Waals surface area contributed by atoms with Gasteiger partial charge in [0.15, 0.2) is 5.82 Å². The van der Waals surface area contributed by atoms with Gasteiger partial charge < -0.3 is 9.80 Å². The Bertz CT molecular complexity index is 2560. The summed E-state index contributed by atoms with van der Waals surface area (Å²) in [6, 6.07) is 15.0. The van der Waals surface area contributed by atoms with Crippen molar-refractivity contribution in [3.05, 3.63) is 102 Å². The summed E-state index contributed by atoms with van der Waals surface area (Å²) in [5.41, 5.74) is 2.85. The Kier molecular flexibility index (Phi) is 12.0. The number of nitrogens with one attached hydrogen (secondary N) is 2. The van der Waals surface area contributed by atoms with Crippen LogP contribution in [0.3, 0.4) is 0 Å². The molecule has 18 heteroatoms. The van der Waals surface area contributed by atoms with E-state index >= 15 is 8.78 Å². The summed E-state index contributed by atoms with van der Waals surface area (Å²) in [6.07, 6.45) is 10.9. The van der Waals surface area contributed by atoms with Crippen molar-refractivity contribution in [1.82, 2.24) is 34.3 Å². The van der Waals surface area contributed by atoms with Crippen molar-refractivity contribution in [3.63, 3.8) is 0 Å². The SMILES string of the molecule is O=C1CC[C@H](c2ccc(N3CCC(CN4CCN(c5ccc(-n6cc(-c7cc(Cl)cc(NS(=O)(=O)N8CCCC8)c7F)c(-c7ccncc7)n6)cc5F)CC4)CC3)nc2)C(=O)N1. The van der Waals surface area contributed by atoms with Crippen LogP contribution in [0.4, 0.5) is 26.0 Å². The lowest BCUT2D eigenvalue weighted by atomic mass is 9.91. The molecule has 0 unspecified atom stereocenters. The smallest absolute Gasteiger partial charge is 0.301 e. The van der Waals surface area contributed by atoms with Crippen molar-refractivity contribution in [1.29, 1.82) is 0 Å². The monoisotopic (exact) mass is 884 g/mol. The van der Waals surface area contributed by atoms with Crippen LogP contribution in [-0.4, -0.2) is 108 Å². The average Bonchev–Trinajstić information content (AvgIpc) is 3.99. The van der Waals surface area contributed by atoms with Crippen molar-refractivity contribution in [3.8, 4) is 28.1 Å². The summed E-state index contributed by atoms with van der Waals surface area (Å²) in [7, 11) is -4.01. The maximum atomic E-state index is 16.4. The van der Waals surface area contributed by atoms with E-state index in [0.717, 1.165) is 69.8 Å². The molecule has 0 aliphatic carbocycles. The van der Waals surface area contributed by atoms with Crippen molar-refractivity contribution in [2.45, 2.75) is 44.4 Å². The highest BCUT2D eigenvalue weighted by Crippen LogP contribution is 2.39. The molecule has 9 rings (SSSR count). The Labute approximate surface area is 364 Å². The van der Waals surface area contributed by atoms with E-state index < -0.39 is 21.8 Å². The minimum Gasteiger partial charge on any atom is -0.367 e. The first-order valence-corrected chi connectivity index (χ1v) is 22.9. The number of carbonyl (C=O) groups is 2. The van der Waals surface area contributed by atoms with Gasteiger partial charge >= 0.3 is 10.2 Å². The number of piperidine rings is 2. The van der Waals surface area contributed by atoms with Gasteiger partial charge in [-0.2, -0.15) is 17.8 Å². The average molecular weight is 885 g/mol. The number of imide groups is 1. The summed E-state index contributed by atoms with van der Waals surface area (Å²) in [5, 5.41) is 7.32. The van der Waals surface area contributed by atoms with Gasteiger partial charge in [0.05, 0.1) is 23.0 Å². The van der Waals surface area contributed by atoms with E-state index in [1.807, 2.05) is 12.1 Å². The van der Waals surface area contributed by atoms with E-state index in [1.54, 1.807) is 49.1 Å². The first-order chi connectivity index (χ1) is 30.0. The Balaban J connectivity index is 0.840. The number of benzene rings is 2. The molecule has 4 aliphatic heterocycles. The number of amides is 2. The molecule has 4 saturated heterocycles. The highest BCUT2D eigenvalue weighted by atomic mass is 35.5. The van der Waals surface area contributed by atoms with Gasteiger partial charge in [0.2, 0.25) is 11.8 Å². The molecule has 1 atom stereocenters. The minimum absolute atomic E-state index is 0.0329. The van der Waals surface area contributed by atoms with Crippen molar-refractivity contribution in [2.75, 3.05) is 73.4 Å². The zero-order valence-electron chi connectivity index (χ0n) is 34.0. The summed E-state index contributed by atoms with van der Waals surface area (Å²) in [4.78, 5) is 39.4. The Hall–Kier alpha value is -5.49. The standard InChI is InChI=1S/C44H47ClF2N10O4S/c45-32-23-35(42(47)38(24-32)52-62(60,61)56-15-1-2-16-56)36-28-57(51-43(36)30-9-13-48-14-10-30)33-4-6-39(37(46)25-33)54-21-19-53(20-22-54)27-29-11-17-55(18-12-29)40-7-3-31(26-49-40)34-5-8-41(58)50-44(34)59/h3-4,6-7,9-10,13-14,23-26,28-29,34,52H,1-2,5,8,11-12,15-22,27H2,(H,50,58,59)/t34-/m1/s1. The molecule has 0 bridgehead atoms. The van der Waals surface area contributed by atoms with Crippen LogP contribution in [0.25, 0.3) is 28.1 Å². The first kappa shape index (κ1) is 41.8. The third kappa shape index (κ3) is 8.89. The molecule has 5 aromatic rings. The van der Waals surface area contributed by atoms with Crippen molar-refractivity contribution in [2.24, 2.45) is 5.92 Å². The van der Waals surface area contributed by atoms with E-state index in [0.29, 0.717) is 73.1 Å². The highest BCUT2D eigenvalue weighted by molar-refractivity contribution is 7.90. The second-order valence-corrected chi connectivity index (χ2v) is 18.5. The van der Waals surface area contributed by atoms with Gasteiger partial charge in [-0.1, -0.05) is 17.7 Å². The Morgan fingerprint density at radius 3 is 2.29 bits per heavy atom. The number of hydrogen-bond donors (Lipinski definition) is 2. The number of pyridine rings is 2. The molecule has 2 aromatic carbocycles. The fourth-order valence-corrected chi connectivity index (χ4v) is 10.5. The number of halogens is 3. The summed E-state index contributed by atoms with van der Waals surface area (Å²) in [6.45, 7) is 6.44. The molecule has 14 nitrogen and oxygen atoms in total. The quantitative estimate of drug-likeness (QED) is 0.146. The van der Waals surface area contributed by atoms with Crippen LogP contribution in [0.5, 0.6) is 0 Å². The van der Waals surface area contributed by atoms with Gasteiger partial charge in [0.1, 0.15) is 17.3 Å². The molecule has 2 N–H and O–H groups in total. The lowest BCUT2D eigenvalue weighted by Gasteiger charge is -2.40. The van der Waals surface area contributed by atoms with Crippen LogP contribution in [0.1, 0.15) is 50.0 Å². The summed E-state index contributed by atoms with van der Waals surface area (Å²) >= 11 is 6.48. The van der Waals surface area contributed by atoms with Crippen LogP contribution in [0.2, 0.25) is 5.02 Å². The highest BCUT2D eigenvalue weighted by Gasteiger charge is 2.31. The first-order valence-electron chi connectivity index (χ1n) is 21.1. The third-order valence-corrected chi connectivity index (χ3v) is 14.2. The number of piperazine rings is 1. The molecule has 0 radical (unpaired) electrons. The summed E-state index contributed by atoms with van der Waals surface area (Å²) in [5.74, 6) is -0.609. The van der Waals surface area contributed by atoms with Gasteiger partial charge in [0.25, 0.3) is 0 Å². The molecule has 2 amide bonds. The van der Waals surface area contributed by atoms with E-state index in [9.17, 15) is 18.0 Å². The van der Waals surface area contributed by atoms with E-state index in [-0.39, 0.29) is 34.0 Å². The zero-order chi connectivity index (χ0) is 43.0. The van der Waals surface area contributed by atoms with Gasteiger partial charge in [-0.15, -0.1) is 0 Å². The molecule has 0 saturated carbocycles. The van der Waals surface area contributed by atoms with E-state index in [2.05, 4.69) is 34.7 Å². The molecule has 4 fully saturated rings. The fourth-order valence-electron chi connectivity index (χ4n) is 9.00. The van der Waals surface area contributed by atoms with Gasteiger partial charge in [-0.05, 0) is 86.1 Å². The third-order valence-electron chi connectivity index (χ3n) is 12.4. The molecule has 7 heterocycles. The normalized spacial score (nSPS) is 19.6. The van der Waals surface area contributed by atoms with Crippen molar-refractivity contribution < 1.29 is 26.8 Å². The lowest BCUT2D eigenvalue weighted by molar-refractivity contribution is -0.134. The minimum atomic E-state index is -4.01. The molecule has 4 aliphatic rings. The molecule has 324 valence electrons. The zero-order valence-corrected chi connectivity index (χ0v) is 35.6. The number of hydrogen-bond acceptors (Lipinski definition) is 10. The maximum Gasteiger partial charge on any atom is 0.301 e. The Morgan fingerprint density at radius 1 is 0.839 bits per heavy atom. The van der Waals surface area contributed by atoms with Crippen LogP contribution < -0.4 is 19.8 Å². The fraction of sp³-hybridized carbons (Fsp3) is 0.386. The molecule has 3 aromatic heterocycles. The Morgan fingerprint density at radius 2 is 1.60 bits per heavy atom.